The zero-order chi connectivity index (χ0) is 24.4. The summed E-state index contributed by atoms with van der Waals surface area (Å²) in [5.41, 5.74) is 4.13. The van der Waals surface area contributed by atoms with E-state index in [4.69, 9.17) is 4.74 Å². The highest BCUT2D eigenvalue weighted by Crippen LogP contribution is 2.41. The number of carbonyl (C=O) groups excluding carboxylic acids is 2. The van der Waals surface area contributed by atoms with Crippen molar-refractivity contribution in [2.45, 2.75) is 44.9 Å². The summed E-state index contributed by atoms with van der Waals surface area (Å²) in [6.45, 7) is 2.70. The molecule has 2 unspecified atom stereocenters. The Balaban J connectivity index is 1.33. The van der Waals surface area contributed by atoms with Crippen molar-refractivity contribution in [3.8, 4) is 5.75 Å². The number of ether oxygens (including phenoxy) is 1. The van der Waals surface area contributed by atoms with Gasteiger partial charge in [-0.2, -0.15) is 0 Å². The molecular weight excluding hydrogens is 443 g/mol. The van der Waals surface area contributed by atoms with Crippen LogP contribution in [0.15, 0.2) is 72.8 Å². The van der Waals surface area contributed by atoms with E-state index in [0.29, 0.717) is 18.8 Å². The van der Waals surface area contributed by atoms with Gasteiger partial charge in [0.1, 0.15) is 11.6 Å². The van der Waals surface area contributed by atoms with Gasteiger partial charge in [0.15, 0.2) is 6.10 Å². The minimum absolute atomic E-state index is 0.145. The van der Waals surface area contributed by atoms with Crippen LogP contribution in [0.2, 0.25) is 0 Å². The first kappa shape index (κ1) is 23.1. The van der Waals surface area contributed by atoms with Crippen LogP contribution in [0.1, 0.15) is 48.1 Å². The number of hydrogen-bond donors (Lipinski definition) is 1. The molecule has 35 heavy (non-hydrogen) atoms. The lowest BCUT2D eigenvalue weighted by atomic mass is 9.87. The molecule has 1 saturated carbocycles. The lowest BCUT2D eigenvalue weighted by Crippen LogP contribution is -2.41. The molecule has 0 saturated heterocycles. The maximum absolute atomic E-state index is 13.1. The van der Waals surface area contributed by atoms with Gasteiger partial charge in [0, 0.05) is 19.0 Å². The molecule has 1 N–H and O–H groups in total. The fraction of sp³-hybridized carbons (Fsp3) is 0.310. The maximum Gasteiger partial charge on any atom is 0.261 e. The molecule has 5 nitrogen and oxygen atoms in total. The summed E-state index contributed by atoms with van der Waals surface area (Å²) in [5.74, 6) is 0.402. The van der Waals surface area contributed by atoms with Crippen molar-refractivity contribution < 1.29 is 18.7 Å². The Morgan fingerprint density at radius 1 is 1.06 bits per heavy atom. The molecule has 3 aromatic carbocycles. The molecule has 0 bridgehead atoms. The molecule has 2 atom stereocenters. The van der Waals surface area contributed by atoms with Gasteiger partial charge in [-0.15, -0.1) is 0 Å². The van der Waals surface area contributed by atoms with Crippen LogP contribution in [0.4, 0.5) is 4.39 Å². The molecule has 6 heteroatoms. The smallest absolute Gasteiger partial charge is 0.261 e. The van der Waals surface area contributed by atoms with Gasteiger partial charge in [0.05, 0.1) is 6.04 Å². The average molecular weight is 473 g/mol. The molecule has 0 spiro atoms. The molecule has 1 aliphatic heterocycles. The zero-order valence-electron chi connectivity index (χ0n) is 19.7. The van der Waals surface area contributed by atoms with Gasteiger partial charge < -0.3 is 15.0 Å². The average Bonchev–Trinajstić information content (AvgIpc) is 3.73. The number of halogens is 1. The molecule has 1 fully saturated rings. The standard InChI is InChI=1S/C29H29FN2O3/c1-19(28(33)31-18-20-7-12-24(30)13-8-20)35-25-14-11-21-15-16-32(29(34)23-9-10-23)27(26(21)17-25)22-5-3-2-4-6-22/h2-8,11-14,17,19,23,27H,9-10,15-16,18H2,1H3,(H,31,33). The molecule has 2 aliphatic rings. The van der Waals surface area contributed by atoms with Crippen LogP contribution in [-0.4, -0.2) is 29.4 Å². The molecule has 2 amide bonds. The maximum atomic E-state index is 13.1. The normalized spacial score (nSPS) is 17.9. The third-order valence-electron chi connectivity index (χ3n) is 6.73. The van der Waals surface area contributed by atoms with Crippen LogP contribution in [0, 0.1) is 11.7 Å². The molecule has 0 radical (unpaired) electrons. The second-order valence-corrected chi connectivity index (χ2v) is 9.33. The highest BCUT2D eigenvalue weighted by molar-refractivity contribution is 5.82. The number of hydrogen-bond acceptors (Lipinski definition) is 3. The predicted molar refractivity (Wildman–Crippen MR) is 131 cm³/mol. The molecule has 1 aliphatic carbocycles. The number of nitrogens with zero attached hydrogens (tertiary/aromatic N) is 1. The number of nitrogens with one attached hydrogen (secondary N) is 1. The molecule has 1 heterocycles. The number of fused-ring (bicyclic) bond motifs is 1. The van der Waals surface area contributed by atoms with E-state index >= 15 is 0 Å². The topological polar surface area (TPSA) is 58.6 Å². The quantitative estimate of drug-likeness (QED) is 0.538. The molecule has 5 rings (SSSR count). The van der Waals surface area contributed by atoms with E-state index < -0.39 is 6.10 Å². The summed E-state index contributed by atoms with van der Waals surface area (Å²) >= 11 is 0. The predicted octanol–water partition coefficient (Wildman–Crippen LogP) is 4.79. The first-order valence-corrected chi connectivity index (χ1v) is 12.2. The molecule has 180 valence electrons. The summed E-state index contributed by atoms with van der Waals surface area (Å²) in [6.07, 6.45) is 2.02. The summed E-state index contributed by atoms with van der Waals surface area (Å²) in [4.78, 5) is 27.8. The highest BCUT2D eigenvalue weighted by Gasteiger charge is 2.39. The van der Waals surface area contributed by atoms with E-state index in [1.54, 1.807) is 19.1 Å². The second kappa shape index (κ2) is 9.90. The van der Waals surface area contributed by atoms with E-state index in [-0.39, 0.29) is 29.6 Å². The van der Waals surface area contributed by atoms with Crippen molar-refractivity contribution in [2.24, 2.45) is 5.92 Å². The van der Waals surface area contributed by atoms with Crippen molar-refractivity contribution in [2.75, 3.05) is 6.54 Å². The Bertz CT molecular complexity index is 1210. The minimum atomic E-state index is -0.712. The number of benzene rings is 3. The Hall–Kier alpha value is -3.67. The lowest BCUT2D eigenvalue weighted by Gasteiger charge is -2.38. The molecule has 0 aromatic heterocycles. The van der Waals surface area contributed by atoms with Gasteiger partial charge in [0.25, 0.3) is 5.91 Å². The number of carbonyl (C=O) groups is 2. The summed E-state index contributed by atoms with van der Waals surface area (Å²) in [6, 6.07) is 21.9. The van der Waals surface area contributed by atoms with Gasteiger partial charge in [-0.25, -0.2) is 4.39 Å². The molecule has 3 aromatic rings. The van der Waals surface area contributed by atoms with Crippen molar-refractivity contribution >= 4 is 11.8 Å². The largest absolute Gasteiger partial charge is 0.481 e. The van der Waals surface area contributed by atoms with Crippen molar-refractivity contribution in [1.82, 2.24) is 10.2 Å². The summed E-state index contributed by atoms with van der Waals surface area (Å²) in [7, 11) is 0. The second-order valence-electron chi connectivity index (χ2n) is 9.33. The first-order chi connectivity index (χ1) is 17.0. The summed E-state index contributed by atoms with van der Waals surface area (Å²) in [5, 5.41) is 2.84. The van der Waals surface area contributed by atoms with Gasteiger partial charge in [-0.1, -0.05) is 48.5 Å². The Kier molecular flexibility index (Phi) is 6.53. The van der Waals surface area contributed by atoms with Gasteiger partial charge in [-0.05, 0) is 72.7 Å². The van der Waals surface area contributed by atoms with Crippen LogP contribution in [0.3, 0.4) is 0 Å². The fourth-order valence-corrected chi connectivity index (χ4v) is 4.66. The highest BCUT2D eigenvalue weighted by atomic mass is 19.1. The van der Waals surface area contributed by atoms with Gasteiger partial charge in [-0.3, -0.25) is 9.59 Å². The first-order valence-electron chi connectivity index (χ1n) is 12.2. The van der Waals surface area contributed by atoms with Crippen LogP contribution < -0.4 is 10.1 Å². The third-order valence-corrected chi connectivity index (χ3v) is 6.73. The number of amides is 2. The fourth-order valence-electron chi connectivity index (χ4n) is 4.66. The lowest BCUT2D eigenvalue weighted by molar-refractivity contribution is -0.134. The monoisotopic (exact) mass is 472 g/mol. The van der Waals surface area contributed by atoms with E-state index in [9.17, 15) is 14.0 Å². The van der Waals surface area contributed by atoms with E-state index in [2.05, 4.69) is 17.4 Å². The Morgan fingerprint density at radius 2 is 1.80 bits per heavy atom. The Labute approximate surface area is 204 Å². The van der Waals surface area contributed by atoms with E-state index in [1.807, 2.05) is 41.3 Å². The Morgan fingerprint density at radius 3 is 2.51 bits per heavy atom. The van der Waals surface area contributed by atoms with Crippen LogP contribution in [0.5, 0.6) is 5.75 Å². The van der Waals surface area contributed by atoms with Crippen molar-refractivity contribution in [3.63, 3.8) is 0 Å². The minimum Gasteiger partial charge on any atom is -0.481 e. The van der Waals surface area contributed by atoms with Crippen molar-refractivity contribution in [3.05, 3.63) is 101 Å². The molecular formula is C29H29FN2O3. The van der Waals surface area contributed by atoms with Crippen molar-refractivity contribution in [1.29, 1.82) is 0 Å². The third kappa shape index (κ3) is 5.21. The number of rotatable bonds is 7. The van der Waals surface area contributed by atoms with Gasteiger partial charge >= 0.3 is 0 Å². The summed E-state index contributed by atoms with van der Waals surface area (Å²) < 4.78 is 19.1. The van der Waals surface area contributed by atoms with Crippen LogP contribution >= 0.6 is 0 Å². The van der Waals surface area contributed by atoms with E-state index in [0.717, 1.165) is 36.0 Å². The van der Waals surface area contributed by atoms with Crippen LogP contribution in [0.25, 0.3) is 0 Å². The SMILES string of the molecule is CC(Oc1ccc2c(c1)C(c1ccccc1)N(C(=O)C1CC1)CC2)C(=O)NCc1ccc(F)cc1. The van der Waals surface area contributed by atoms with Gasteiger partial charge in [0.2, 0.25) is 5.91 Å². The van der Waals surface area contributed by atoms with Crippen LogP contribution in [-0.2, 0) is 22.6 Å². The zero-order valence-corrected chi connectivity index (χ0v) is 19.7. The van der Waals surface area contributed by atoms with E-state index in [1.165, 1.54) is 17.7 Å².